The Bertz CT molecular complexity index is 324. The van der Waals surface area contributed by atoms with Gasteiger partial charge in [-0.05, 0) is 22.0 Å². The summed E-state index contributed by atoms with van der Waals surface area (Å²) in [5.41, 5.74) is 0. The van der Waals surface area contributed by atoms with Crippen LogP contribution in [0.4, 0.5) is 0 Å². The van der Waals surface area contributed by atoms with E-state index in [0.717, 1.165) is 6.26 Å². The molecule has 1 aromatic rings. The Hall–Kier alpha value is -0.290. The topological polar surface area (TPSA) is 47.3 Å². The molecule has 0 spiro atoms. The van der Waals surface area contributed by atoms with E-state index < -0.39 is 9.84 Å². The number of hydrogen-bond donors (Lipinski definition) is 0. The lowest BCUT2D eigenvalue weighted by atomic mass is 10.7. The second kappa shape index (κ2) is 2.39. The maximum absolute atomic E-state index is 10.8. The van der Waals surface area contributed by atoms with Gasteiger partial charge in [0.2, 0.25) is 14.9 Å². The lowest BCUT2D eigenvalue weighted by Crippen LogP contribution is -1.94. The summed E-state index contributed by atoms with van der Waals surface area (Å²) in [7, 11) is -3.20. The van der Waals surface area contributed by atoms with E-state index in [1.54, 1.807) is 0 Å². The van der Waals surface area contributed by atoms with Crippen LogP contribution in [0.15, 0.2) is 26.3 Å². The van der Waals surface area contributed by atoms with Gasteiger partial charge in [-0.2, -0.15) is 0 Å². The second-order valence-corrected chi connectivity index (χ2v) is 4.60. The van der Waals surface area contributed by atoms with Crippen molar-refractivity contribution in [2.45, 2.75) is 5.09 Å². The first-order valence-electron chi connectivity index (χ1n) is 2.45. The van der Waals surface area contributed by atoms with E-state index in [9.17, 15) is 8.42 Å². The molecule has 0 aliphatic carbocycles. The normalized spacial score (nSPS) is 11.8. The third-order valence-electron chi connectivity index (χ3n) is 0.921. The Morgan fingerprint density at radius 2 is 2.20 bits per heavy atom. The number of rotatable bonds is 1. The molecule has 0 bridgehead atoms. The van der Waals surface area contributed by atoms with Crippen LogP contribution >= 0.6 is 15.9 Å². The first-order chi connectivity index (χ1) is 4.52. The molecular formula is C5H5BrO3S. The summed E-state index contributed by atoms with van der Waals surface area (Å²) in [4.78, 5) is 0. The van der Waals surface area contributed by atoms with Gasteiger partial charge in [-0.25, -0.2) is 8.42 Å². The third kappa shape index (κ3) is 1.41. The molecule has 1 rings (SSSR count). The summed E-state index contributed by atoms with van der Waals surface area (Å²) in [6.07, 6.45) is 2.41. The molecule has 10 heavy (non-hydrogen) atoms. The first kappa shape index (κ1) is 7.81. The van der Waals surface area contributed by atoms with Gasteiger partial charge in [0.25, 0.3) is 0 Å². The summed E-state index contributed by atoms with van der Waals surface area (Å²) in [5, 5.41) is -0.0208. The summed E-state index contributed by atoms with van der Waals surface area (Å²) in [6, 6.07) is 1.54. The largest absolute Gasteiger partial charge is 0.452 e. The second-order valence-electron chi connectivity index (χ2n) is 1.83. The minimum absolute atomic E-state index is 0.0208. The molecule has 0 saturated carbocycles. The van der Waals surface area contributed by atoms with Crippen molar-refractivity contribution in [3.63, 3.8) is 0 Å². The van der Waals surface area contributed by atoms with Crippen LogP contribution in [0.1, 0.15) is 0 Å². The third-order valence-corrected chi connectivity index (χ3v) is 2.80. The van der Waals surface area contributed by atoms with Gasteiger partial charge in [0.05, 0.1) is 10.7 Å². The van der Waals surface area contributed by atoms with E-state index >= 15 is 0 Å². The van der Waals surface area contributed by atoms with E-state index in [4.69, 9.17) is 4.42 Å². The Morgan fingerprint density at radius 3 is 2.40 bits per heavy atom. The fraction of sp³-hybridized carbons (Fsp3) is 0.200. The van der Waals surface area contributed by atoms with E-state index in [2.05, 4.69) is 15.9 Å². The Labute approximate surface area is 67.1 Å². The molecule has 0 aliphatic heterocycles. The molecule has 0 aliphatic rings. The zero-order valence-corrected chi connectivity index (χ0v) is 7.57. The fourth-order valence-electron chi connectivity index (χ4n) is 0.544. The van der Waals surface area contributed by atoms with Crippen LogP contribution in [0.2, 0.25) is 0 Å². The van der Waals surface area contributed by atoms with Gasteiger partial charge in [-0.15, -0.1) is 0 Å². The van der Waals surface area contributed by atoms with Crippen LogP contribution in [0.5, 0.6) is 0 Å². The summed E-state index contributed by atoms with van der Waals surface area (Å²) in [6.45, 7) is 0. The summed E-state index contributed by atoms with van der Waals surface area (Å²) < 4.78 is 26.7. The highest BCUT2D eigenvalue weighted by Crippen LogP contribution is 2.21. The van der Waals surface area contributed by atoms with Gasteiger partial charge in [0.15, 0.2) is 0 Å². The lowest BCUT2D eigenvalue weighted by Gasteiger charge is -1.89. The van der Waals surface area contributed by atoms with E-state index in [0.29, 0.717) is 4.47 Å². The van der Waals surface area contributed by atoms with Crippen molar-refractivity contribution in [3.8, 4) is 0 Å². The molecule has 0 N–H and O–H groups in total. The molecular weight excluding hydrogens is 220 g/mol. The molecule has 0 atom stereocenters. The quantitative estimate of drug-likeness (QED) is 0.726. The van der Waals surface area contributed by atoms with Crippen LogP contribution in [0.3, 0.4) is 0 Å². The van der Waals surface area contributed by atoms with Crippen LogP contribution in [0, 0.1) is 0 Å². The van der Waals surface area contributed by atoms with Crippen molar-refractivity contribution >= 4 is 25.8 Å². The Balaban J connectivity index is 3.32. The molecule has 56 valence electrons. The molecule has 1 heterocycles. The average Bonchev–Trinajstić information content (AvgIpc) is 2.11. The smallest absolute Gasteiger partial charge is 0.231 e. The molecule has 0 aromatic carbocycles. The SMILES string of the molecule is CS(=O)(=O)c1occc1Br. The highest BCUT2D eigenvalue weighted by molar-refractivity contribution is 9.10. The maximum Gasteiger partial charge on any atom is 0.231 e. The molecule has 3 nitrogen and oxygen atoms in total. The predicted molar refractivity (Wildman–Crippen MR) is 39.5 cm³/mol. The van der Waals surface area contributed by atoms with Crippen molar-refractivity contribution in [1.29, 1.82) is 0 Å². The molecule has 0 amide bonds. The predicted octanol–water partition coefficient (Wildman–Crippen LogP) is 1.45. The van der Waals surface area contributed by atoms with Gasteiger partial charge in [-0.3, -0.25) is 0 Å². The zero-order valence-electron chi connectivity index (χ0n) is 5.17. The van der Waals surface area contributed by atoms with Crippen molar-refractivity contribution in [2.24, 2.45) is 0 Å². The van der Waals surface area contributed by atoms with Crippen LogP contribution in [-0.2, 0) is 9.84 Å². The highest BCUT2D eigenvalue weighted by atomic mass is 79.9. The van der Waals surface area contributed by atoms with Crippen molar-refractivity contribution in [2.75, 3.05) is 6.26 Å². The van der Waals surface area contributed by atoms with Crippen molar-refractivity contribution in [3.05, 3.63) is 16.8 Å². The maximum atomic E-state index is 10.8. The van der Waals surface area contributed by atoms with Crippen LogP contribution < -0.4 is 0 Å². The molecule has 0 saturated heterocycles. The molecule has 1 aromatic heterocycles. The number of furan rings is 1. The van der Waals surface area contributed by atoms with E-state index in [-0.39, 0.29) is 5.09 Å². The van der Waals surface area contributed by atoms with Crippen LogP contribution in [0.25, 0.3) is 0 Å². The minimum Gasteiger partial charge on any atom is -0.452 e. The van der Waals surface area contributed by atoms with Crippen molar-refractivity contribution < 1.29 is 12.8 Å². The summed E-state index contributed by atoms with van der Waals surface area (Å²) in [5.74, 6) is 0. The van der Waals surface area contributed by atoms with Gasteiger partial charge >= 0.3 is 0 Å². The highest BCUT2D eigenvalue weighted by Gasteiger charge is 2.14. The zero-order chi connectivity index (χ0) is 7.78. The Kier molecular flexibility index (Phi) is 1.87. The first-order valence-corrected chi connectivity index (χ1v) is 5.13. The monoisotopic (exact) mass is 224 g/mol. The number of halogens is 1. The lowest BCUT2D eigenvalue weighted by molar-refractivity contribution is 0.449. The fourth-order valence-corrected chi connectivity index (χ4v) is 2.28. The molecule has 0 unspecified atom stereocenters. The molecule has 0 fully saturated rings. The van der Waals surface area contributed by atoms with Crippen LogP contribution in [-0.4, -0.2) is 14.7 Å². The Morgan fingerprint density at radius 1 is 1.60 bits per heavy atom. The van der Waals surface area contributed by atoms with E-state index in [1.165, 1.54) is 12.3 Å². The number of sulfone groups is 1. The van der Waals surface area contributed by atoms with Gasteiger partial charge < -0.3 is 4.42 Å². The van der Waals surface area contributed by atoms with E-state index in [1.807, 2.05) is 0 Å². The average molecular weight is 225 g/mol. The molecule has 0 radical (unpaired) electrons. The minimum atomic E-state index is -3.20. The van der Waals surface area contributed by atoms with Gasteiger partial charge in [0, 0.05) is 6.26 Å². The van der Waals surface area contributed by atoms with Gasteiger partial charge in [0.1, 0.15) is 0 Å². The van der Waals surface area contributed by atoms with Crippen molar-refractivity contribution in [1.82, 2.24) is 0 Å². The summed E-state index contributed by atoms with van der Waals surface area (Å²) >= 11 is 3.03. The standard InChI is InChI=1S/C5H5BrO3S/c1-10(7,8)5-4(6)2-3-9-5/h2-3H,1H3. The number of hydrogen-bond acceptors (Lipinski definition) is 3. The molecule has 5 heteroatoms. The van der Waals surface area contributed by atoms with Gasteiger partial charge in [-0.1, -0.05) is 0 Å².